The quantitative estimate of drug-likeness (QED) is 0.207. The van der Waals surface area contributed by atoms with Gasteiger partial charge in [0.25, 0.3) is 0 Å². The molecule has 0 fully saturated rings. The Labute approximate surface area is 215 Å². The molecule has 6 rings (SSSR count). The Bertz CT molecular complexity index is 1170. The molecule has 0 atom stereocenters. The van der Waals surface area contributed by atoms with E-state index in [1.54, 1.807) is 59.8 Å². The molecule has 0 nitrogen and oxygen atoms in total. The second-order valence-corrected chi connectivity index (χ2v) is 18.9. The molecule has 0 aromatic carbocycles. The molecule has 4 aromatic rings. The van der Waals surface area contributed by atoms with Gasteiger partial charge in [0.2, 0.25) is 0 Å². The zero-order valence-electron chi connectivity index (χ0n) is 20.8. The number of hydrogen-bond acceptors (Lipinski definition) is 4. The fourth-order valence-electron chi connectivity index (χ4n) is 5.44. The highest BCUT2D eigenvalue weighted by Crippen LogP contribution is 2.48. The van der Waals surface area contributed by atoms with Crippen LogP contribution in [0.1, 0.15) is 98.6 Å². The van der Waals surface area contributed by atoms with Crippen LogP contribution in [0.4, 0.5) is 0 Å². The number of rotatable bonds is 4. The predicted octanol–water partition coefficient (Wildman–Crippen LogP) is 7.76. The second kappa shape index (κ2) is 7.51. The number of hydrogen-bond donors (Lipinski definition) is 0. The summed E-state index contributed by atoms with van der Waals surface area (Å²) in [6, 6.07) is 10.5. The molecule has 0 bridgehead atoms. The largest absolute Gasteiger partial charge is 0.185 e. The summed E-state index contributed by atoms with van der Waals surface area (Å²) >= 11 is 8.34. The fourth-order valence-corrected chi connectivity index (χ4v) is 18.3. The third-order valence-electron chi connectivity index (χ3n) is 7.31. The zero-order valence-corrected chi connectivity index (χ0v) is 25.0. The first-order valence-electron chi connectivity index (χ1n) is 12.2. The summed E-state index contributed by atoms with van der Waals surface area (Å²) in [6.45, 7) is 18.9. The van der Waals surface area contributed by atoms with Crippen LogP contribution in [-0.2, 0) is 0 Å². The topological polar surface area (TPSA) is 0 Å². The predicted molar refractivity (Wildman–Crippen MR) is 156 cm³/mol. The summed E-state index contributed by atoms with van der Waals surface area (Å²) in [5.74, 6) is 2.34. The maximum atomic E-state index is 2.64. The number of thiophene rings is 4. The van der Waals surface area contributed by atoms with E-state index in [0.717, 1.165) is 0 Å². The lowest BCUT2D eigenvalue weighted by Gasteiger charge is -2.25. The van der Waals surface area contributed by atoms with E-state index in [2.05, 4.69) is 125 Å². The molecule has 2 aliphatic heterocycles. The van der Waals surface area contributed by atoms with Gasteiger partial charge in [-0.25, -0.2) is 0 Å². The van der Waals surface area contributed by atoms with Crippen molar-refractivity contribution in [3.05, 3.63) is 43.8 Å². The molecular formula is C28H32S4Si. The lowest BCUT2D eigenvalue weighted by molar-refractivity contribution is 0.890. The molecule has 0 aliphatic carbocycles. The molecule has 2 aliphatic rings. The van der Waals surface area contributed by atoms with Crippen LogP contribution in [0.3, 0.4) is 0 Å². The minimum absolute atomic E-state index is 0.586. The van der Waals surface area contributed by atoms with E-state index < -0.39 is 8.07 Å². The normalized spacial score (nSPS) is 15.4. The van der Waals surface area contributed by atoms with Crippen LogP contribution < -0.4 is 20.7 Å². The van der Waals surface area contributed by atoms with Crippen molar-refractivity contribution in [3.8, 4) is 19.5 Å². The number of fused-ring (bicyclic) bond motifs is 10. The Morgan fingerprint density at radius 3 is 0.818 bits per heavy atom. The van der Waals surface area contributed by atoms with Crippen LogP contribution in [0.2, 0.25) is 0 Å². The van der Waals surface area contributed by atoms with Gasteiger partial charge < -0.3 is 0 Å². The lowest BCUT2D eigenvalue weighted by Crippen LogP contribution is -2.70. The van der Waals surface area contributed by atoms with Crippen LogP contribution in [0.15, 0.2) is 24.3 Å². The first kappa shape index (κ1) is 22.5. The Hall–Kier alpha value is -0.983. The summed E-state index contributed by atoms with van der Waals surface area (Å²) in [4.78, 5) is 12.7. The van der Waals surface area contributed by atoms with Gasteiger partial charge in [0.15, 0.2) is 8.07 Å². The van der Waals surface area contributed by atoms with Gasteiger partial charge in [0, 0.05) is 39.0 Å². The van der Waals surface area contributed by atoms with Crippen LogP contribution in [0, 0.1) is 0 Å². The van der Waals surface area contributed by atoms with Gasteiger partial charge in [-0.2, -0.15) is 0 Å². The van der Waals surface area contributed by atoms with Crippen molar-refractivity contribution in [1.82, 2.24) is 0 Å². The third kappa shape index (κ3) is 2.89. The van der Waals surface area contributed by atoms with Crippen molar-refractivity contribution in [1.29, 1.82) is 0 Å². The van der Waals surface area contributed by atoms with Gasteiger partial charge in [-0.3, -0.25) is 0 Å². The third-order valence-corrected chi connectivity index (χ3v) is 18.9. The van der Waals surface area contributed by atoms with Crippen LogP contribution >= 0.6 is 45.3 Å². The summed E-state index contributed by atoms with van der Waals surface area (Å²) in [6.07, 6.45) is 0. The Balaban J connectivity index is 1.75. The van der Waals surface area contributed by atoms with Gasteiger partial charge in [-0.1, -0.05) is 55.4 Å². The smallest absolute Gasteiger partial charge is 0.139 e. The Kier molecular flexibility index (Phi) is 5.11. The van der Waals surface area contributed by atoms with Crippen molar-refractivity contribution in [3.63, 3.8) is 0 Å². The van der Waals surface area contributed by atoms with Crippen molar-refractivity contribution in [2.45, 2.75) is 79.1 Å². The first-order chi connectivity index (χ1) is 15.6. The maximum Gasteiger partial charge on any atom is 0.185 e. The van der Waals surface area contributed by atoms with E-state index in [1.165, 1.54) is 0 Å². The molecule has 0 unspecified atom stereocenters. The molecule has 4 aromatic heterocycles. The molecule has 33 heavy (non-hydrogen) atoms. The summed E-state index contributed by atoms with van der Waals surface area (Å²) in [5.41, 5.74) is 0. The average Bonchev–Trinajstić information content (AvgIpc) is 3.51. The van der Waals surface area contributed by atoms with Crippen molar-refractivity contribution < 1.29 is 0 Å². The molecule has 0 amide bonds. The van der Waals surface area contributed by atoms with E-state index in [0.29, 0.717) is 23.7 Å². The standard InChI is InChI=1S/C28H32S4Si/c1-13(2)17-9-21-25(29-17)26-22(10-18(30-26)14(3)4)33(21)23-11-19(15(5)6)31-27(23)28-24(33)12-20(32-28)16(7)8/h9-16H,1-8H3. The van der Waals surface area contributed by atoms with Crippen molar-refractivity contribution >= 4 is 74.2 Å². The van der Waals surface area contributed by atoms with Gasteiger partial charge in [0.1, 0.15) is 0 Å². The van der Waals surface area contributed by atoms with Gasteiger partial charge in [0.05, 0.1) is 0 Å². The highest BCUT2D eigenvalue weighted by Gasteiger charge is 2.57. The second-order valence-electron chi connectivity index (χ2n) is 10.9. The SMILES string of the molecule is CC(C)c1cc2c(s1)-c1sc(C(C)C)cc1[Si]21c2cc(C(C)C)sc2-c2sc(C(C)C)cc21. The molecule has 0 radical (unpaired) electrons. The van der Waals surface area contributed by atoms with E-state index in [1.807, 2.05) is 0 Å². The molecule has 1 spiro atoms. The minimum atomic E-state index is -2.21. The van der Waals surface area contributed by atoms with E-state index in [4.69, 9.17) is 0 Å². The minimum Gasteiger partial charge on any atom is -0.139 e. The molecule has 0 saturated carbocycles. The maximum absolute atomic E-state index is 2.64. The molecule has 0 saturated heterocycles. The van der Waals surface area contributed by atoms with Gasteiger partial charge >= 0.3 is 0 Å². The molecule has 172 valence electrons. The first-order valence-corrected chi connectivity index (χ1v) is 17.5. The monoisotopic (exact) mass is 524 g/mol. The van der Waals surface area contributed by atoms with Gasteiger partial charge in [-0.05, 0) is 68.7 Å². The molecule has 6 heterocycles. The molecular weight excluding hydrogens is 493 g/mol. The zero-order chi connectivity index (χ0) is 23.4. The lowest BCUT2D eigenvalue weighted by atomic mass is 10.2. The summed E-state index contributed by atoms with van der Waals surface area (Å²) in [5, 5.41) is 6.81. The highest BCUT2D eigenvalue weighted by molar-refractivity contribution is 7.39. The van der Waals surface area contributed by atoms with E-state index in [9.17, 15) is 0 Å². The van der Waals surface area contributed by atoms with Crippen molar-refractivity contribution in [2.24, 2.45) is 0 Å². The average molecular weight is 525 g/mol. The van der Waals surface area contributed by atoms with Crippen LogP contribution in [0.25, 0.3) is 19.5 Å². The highest BCUT2D eigenvalue weighted by atomic mass is 32.1. The fraction of sp³-hybridized carbons (Fsp3) is 0.429. The molecule has 0 N–H and O–H groups in total. The van der Waals surface area contributed by atoms with Crippen LogP contribution in [0.5, 0.6) is 0 Å². The van der Waals surface area contributed by atoms with E-state index in [-0.39, 0.29) is 0 Å². The Morgan fingerprint density at radius 2 is 0.636 bits per heavy atom. The summed E-state index contributed by atoms with van der Waals surface area (Å²) < 4.78 is 0. The molecule has 5 heteroatoms. The van der Waals surface area contributed by atoms with E-state index >= 15 is 0 Å². The van der Waals surface area contributed by atoms with Crippen molar-refractivity contribution in [2.75, 3.05) is 0 Å². The van der Waals surface area contributed by atoms with Gasteiger partial charge in [-0.15, -0.1) is 45.3 Å². The summed E-state index contributed by atoms with van der Waals surface area (Å²) in [7, 11) is -2.21. The van der Waals surface area contributed by atoms with Crippen LogP contribution in [-0.4, -0.2) is 8.07 Å². The Morgan fingerprint density at radius 1 is 0.424 bits per heavy atom.